The van der Waals surface area contributed by atoms with Gasteiger partial charge in [0.1, 0.15) is 41.6 Å². The third-order valence-electron chi connectivity index (χ3n) is 13.0. The molecule has 0 aromatic heterocycles. The lowest BCUT2D eigenvalue weighted by atomic mass is 9.47. The van der Waals surface area contributed by atoms with Crippen LogP contribution < -0.4 is 14.8 Å². The van der Waals surface area contributed by atoms with E-state index >= 15 is 0 Å². The van der Waals surface area contributed by atoms with Gasteiger partial charge in [0.2, 0.25) is 5.91 Å². The highest BCUT2D eigenvalue weighted by Gasteiger charge is 2.62. The Labute approximate surface area is 278 Å². The van der Waals surface area contributed by atoms with E-state index in [0.29, 0.717) is 17.8 Å². The monoisotopic (exact) mass is 655 g/mol. The number of ketones is 1. The number of benzene rings is 1. The van der Waals surface area contributed by atoms with Crippen molar-refractivity contribution in [3.63, 3.8) is 0 Å². The molecular formula is C37H53NO9. The van der Waals surface area contributed by atoms with Crippen LogP contribution in [0.4, 0.5) is 0 Å². The summed E-state index contributed by atoms with van der Waals surface area (Å²) in [6.45, 7) is 7.41. The maximum absolute atomic E-state index is 13.5. The van der Waals surface area contributed by atoms with E-state index < -0.39 is 37.3 Å². The first-order valence-corrected chi connectivity index (χ1v) is 17.3. The largest absolute Gasteiger partial charge is 0.497 e. The number of fused-ring (bicyclic) bond motifs is 5. The zero-order valence-electron chi connectivity index (χ0n) is 28.6. The first-order valence-electron chi connectivity index (χ1n) is 17.3. The molecule has 0 spiro atoms. The van der Waals surface area contributed by atoms with Crippen LogP contribution in [0.1, 0.15) is 84.1 Å². The number of carbonyl (C=O) groups is 2. The Bertz CT molecular complexity index is 1380. The van der Waals surface area contributed by atoms with Crippen LogP contribution in [0.15, 0.2) is 29.8 Å². The number of hydrogen-bond acceptors (Lipinski definition) is 9. The van der Waals surface area contributed by atoms with Gasteiger partial charge in [0.15, 0.2) is 6.29 Å². The van der Waals surface area contributed by atoms with Crippen molar-refractivity contribution in [2.24, 2.45) is 34.5 Å². The molecule has 1 aromatic rings. The molecule has 47 heavy (non-hydrogen) atoms. The van der Waals surface area contributed by atoms with Crippen LogP contribution in [-0.4, -0.2) is 84.6 Å². The molecule has 1 heterocycles. The van der Waals surface area contributed by atoms with E-state index in [0.717, 1.165) is 62.0 Å². The van der Waals surface area contributed by atoms with Crippen molar-refractivity contribution in [3.8, 4) is 11.5 Å². The van der Waals surface area contributed by atoms with Crippen LogP contribution in [0.5, 0.6) is 11.5 Å². The van der Waals surface area contributed by atoms with E-state index in [4.69, 9.17) is 18.9 Å². The molecule has 3 saturated carbocycles. The van der Waals surface area contributed by atoms with E-state index in [9.17, 15) is 24.9 Å². The third kappa shape index (κ3) is 5.82. The molecule has 5 aliphatic rings. The molecule has 13 atom stereocenters. The number of amides is 1. The van der Waals surface area contributed by atoms with E-state index in [-0.39, 0.29) is 40.5 Å². The number of aliphatic hydroxyl groups is 3. The number of carbonyl (C=O) groups excluding carboxylic acids is 2. The highest BCUT2D eigenvalue weighted by molar-refractivity contribution is 5.81. The fraction of sp³-hybridized carbons (Fsp3) is 0.730. The second-order valence-corrected chi connectivity index (χ2v) is 15.3. The average Bonchev–Trinajstić information content (AvgIpc) is 3.37. The lowest BCUT2D eigenvalue weighted by Crippen LogP contribution is -2.65. The van der Waals surface area contributed by atoms with Gasteiger partial charge in [-0.25, -0.2) is 0 Å². The normalized spacial score (nSPS) is 42.7. The lowest BCUT2D eigenvalue weighted by Gasteiger charge is -2.58. The van der Waals surface area contributed by atoms with Crippen molar-refractivity contribution >= 4 is 11.7 Å². The Morgan fingerprint density at radius 2 is 1.81 bits per heavy atom. The van der Waals surface area contributed by atoms with Crippen LogP contribution in [0.25, 0.3) is 0 Å². The summed E-state index contributed by atoms with van der Waals surface area (Å²) in [7, 11) is 3.36. The van der Waals surface area contributed by atoms with Gasteiger partial charge in [-0.15, -0.1) is 0 Å². The number of allylic oxidation sites excluding steroid dienone is 1. The minimum Gasteiger partial charge on any atom is -0.497 e. The van der Waals surface area contributed by atoms with Gasteiger partial charge in [0.05, 0.1) is 26.9 Å². The molecule has 10 nitrogen and oxygen atoms in total. The van der Waals surface area contributed by atoms with Gasteiger partial charge in [-0.1, -0.05) is 25.5 Å². The molecule has 12 unspecified atom stereocenters. The number of rotatable bonds is 8. The van der Waals surface area contributed by atoms with E-state index in [1.807, 2.05) is 12.1 Å². The number of aliphatic hydroxyl groups excluding tert-OH is 3. The van der Waals surface area contributed by atoms with Gasteiger partial charge < -0.3 is 39.6 Å². The third-order valence-corrected chi connectivity index (χ3v) is 13.0. The summed E-state index contributed by atoms with van der Waals surface area (Å²) in [4.78, 5) is 25.4. The van der Waals surface area contributed by atoms with Crippen molar-refractivity contribution in [2.75, 3.05) is 20.8 Å². The molecule has 0 radical (unpaired) electrons. The smallest absolute Gasteiger partial charge is 0.217 e. The molecule has 0 bridgehead atoms. The Morgan fingerprint density at radius 3 is 2.47 bits per heavy atom. The van der Waals surface area contributed by atoms with Gasteiger partial charge in [-0.05, 0) is 105 Å². The number of nitrogens with one attached hydrogen (secondary N) is 1. The Hall–Kier alpha value is -2.50. The predicted molar refractivity (Wildman–Crippen MR) is 174 cm³/mol. The second-order valence-electron chi connectivity index (χ2n) is 15.3. The topological polar surface area (TPSA) is 144 Å². The van der Waals surface area contributed by atoms with Crippen molar-refractivity contribution < 1.29 is 43.9 Å². The quantitative estimate of drug-likeness (QED) is 0.307. The highest BCUT2D eigenvalue weighted by atomic mass is 16.7. The number of Topliss-reactive ketones (excluding diaryl/α,β-unsaturated/α-hetero) is 1. The van der Waals surface area contributed by atoms with Crippen molar-refractivity contribution in [1.29, 1.82) is 0 Å². The predicted octanol–water partition coefficient (Wildman–Crippen LogP) is 3.89. The summed E-state index contributed by atoms with van der Waals surface area (Å²) in [6.07, 6.45) is 3.97. The minimum atomic E-state index is -1.34. The summed E-state index contributed by atoms with van der Waals surface area (Å²) in [5.74, 6) is 2.82. The van der Waals surface area contributed by atoms with Gasteiger partial charge >= 0.3 is 0 Å². The second kappa shape index (κ2) is 13.1. The number of hydrogen-bond donors (Lipinski definition) is 4. The summed E-state index contributed by atoms with van der Waals surface area (Å²) in [6, 6.07) is 4.98. The van der Waals surface area contributed by atoms with Gasteiger partial charge in [0, 0.05) is 18.4 Å². The van der Waals surface area contributed by atoms with Gasteiger partial charge in [0.25, 0.3) is 0 Å². The number of methoxy groups -OCH3 is 2. The van der Waals surface area contributed by atoms with E-state index in [1.165, 1.54) is 12.5 Å². The standard InChI is InChI=1S/C37H53NO9/c1-19(40)31-26(25-16-22(44-5)8-10-29(25)45-6)17-28-24-9-7-21-15-23(11-13-36(21,3)27(24)12-14-37(28,31)4)46-35-32(38-20(2)41)34(43)33(42)30(18-39)47-35/h7-8,10,16,23-24,26-28,30-35,39,42-43H,9,11-15,17-18H2,1-6H3,(H,38,41)/t23?,24?,26?,27?,28?,30?,31?,32-,33?,34?,35?,36?,37?/m1/s1. The van der Waals surface area contributed by atoms with Crippen LogP contribution in [-0.2, 0) is 19.1 Å². The molecule has 4 aliphatic carbocycles. The molecule has 10 heteroatoms. The summed E-state index contributed by atoms with van der Waals surface area (Å²) in [5.41, 5.74) is 2.37. The van der Waals surface area contributed by atoms with Gasteiger partial charge in [-0.3, -0.25) is 9.59 Å². The van der Waals surface area contributed by atoms with E-state index in [1.54, 1.807) is 21.1 Å². The Morgan fingerprint density at radius 1 is 1.04 bits per heavy atom. The number of ether oxygens (including phenoxy) is 4. The first kappa shape index (κ1) is 34.4. The highest BCUT2D eigenvalue weighted by Crippen LogP contribution is 2.69. The summed E-state index contributed by atoms with van der Waals surface area (Å²) >= 11 is 0. The maximum Gasteiger partial charge on any atom is 0.217 e. The molecular weight excluding hydrogens is 602 g/mol. The summed E-state index contributed by atoms with van der Waals surface area (Å²) in [5, 5.41) is 33.6. The maximum atomic E-state index is 13.5. The SMILES string of the molecule is COc1ccc(OC)c(C2CC3C4CC=C5CC(OC6OC(CO)C(O)C(O)[C@H]6NC(C)=O)CCC5(C)C4CCC3(C)C2C(C)=O)c1. The molecule has 6 rings (SSSR count). The zero-order chi connectivity index (χ0) is 33.8. The van der Waals surface area contributed by atoms with Crippen molar-refractivity contribution in [2.45, 2.75) is 115 Å². The molecule has 1 aromatic carbocycles. The molecule has 4 fully saturated rings. The van der Waals surface area contributed by atoms with Crippen LogP contribution in [0.3, 0.4) is 0 Å². The first-order chi connectivity index (χ1) is 22.4. The molecule has 1 aliphatic heterocycles. The molecule has 1 amide bonds. The molecule has 4 N–H and O–H groups in total. The molecule has 260 valence electrons. The van der Waals surface area contributed by atoms with Gasteiger partial charge in [-0.2, -0.15) is 0 Å². The van der Waals surface area contributed by atoms with Crippen LogP contribution >= 0.6 is 0 Å². The average molecular weight is 656 g/mol. The van der Waals surface area contributed by atoms with Crippen molar-refractivity contribution in [3.05, 3.63) is 35.4 Å². The Balaban J connectivity index is 1.24. The summed E-state index contributed by atoms with van der Waals surface area (Å²) < 4.78 is 23.7. The molecule has 1 saturated heterocycles. The van der Waals surface area contributed by atoms with Crippen LogP contribution in [0.2, 0.25) is 0 Å². The lowest BCUT2D eigenvalue weighted by molar-refractivity contribution is -0.284. The van der Waals surface area contributed by atoms with Crippen LogP contribution in [0, 0.1) is 34.5 Å². The minimum absolute atomic E-state index is 0.00930. The fourth-order valence-corrected chi connectivity index (χ4v) is 10.8. The van der Waals surface area contributed by atoms with Crippen molar-refractivity contribution in [1.82, 2.24) is 5.32 Å². The Kier molecular flexibility index (Phi) is 9.57. The zero-order valence-corrected chi connectivity index (χ0v) is 28.6. The van der Waals surface area contributed by atoms with E-state index in [2.05, 4.69) is 31.3 Å². The fourth-order valence-electron chi connectivity index (χ4n) is 10.8.